The summed E-state index contributed by atoms with van der Waals surface area (Å²) in [6.07, 6.45) is 0. The molecule has 0 amide bonds. The van der Waals surface area contributed by atoms with E-state index in [-0.39, 0.29) is 5.41 Å². The van der Waals surface area contributed by atoms with Crippen LogP contribution in [0.25, 0.3) is 0 Å². The van der Waals surface area contributed by atoms with Gasteiger partial charge >= 0.3 is 0 Å². The van der Waals surface area contributed by atoms with Crippen LogP contribution in [0.5, 0.6) is 0 Å². The van der Waals surface area contributed by atoms with Gasteiger partial charge in [-0.05, 0) is 17.0 Å². The van der Waals surface area contributed by atoms with Crippen molar-refractivity contribution < 1.29 is 0 Å². The van der Waals surface area contributed by atoms with Gasteiger partial charge < -0.3 is 4.72 Å². The largest absolute Gasteiger partial charge is 0.317 e. The van der Waals surface area contributed by atoms with Gasteiger partial charge in [-0.2, -0.15) is 0 Å². The van der Waals surface area contributed by atoms with Crippen molar-refractivity contribution in [3.63, 3.8) is 0 Å². The minimum Gasteiger partial charge on any atom is -0.317 e. The fraction of sp³-hybridized carbons (Fsp3) is 0.400. The van der Waals surface area contributed by atoms with E-state index in [0.717, 1.165) is 17.8 Å². The third-order valence-electron chi connectivity index (χ3n) is 1.90. The highest BCUT2D eigenvalue weighted by Crippen LogP contribution is 2.29. The Labute approximate surface area is 84.2 Å². The predicted octanol–water partition coefficient (Wildman–Crippen LogP) is 2.92. The maximum Gasteiger partial charge on any atom is 0.0489 e. The Hall–Kier alpha value is -0.670. The molecule has 0 aromatic heterocycles. The second-order valence-corrected chi connectivity index (χ2v) is 4.46. The van der Waals surface area contributed by atoms with Crippen molar-refractivity contribution in [3.8, 4) is 0 Å². The SMILES string of the molecule is CC(C)(C)c1ccccc1NSN. The minimum absolute atomic E-state index is 0.152. The van der Waals surface area contributed by atoms with Gasteiger partial charge in [-0.15, -0.1) is 0 Å². The molecule has 0 aliphatic rings. The zero-order valence-electron chi connectivity index (χ0n) is 8.29. The molecule has 3 heteroatoms. The molecule has 1 aromatic carbocycles. The van der Waals surface area contributed by atoms with Crippen LogP contribution in [0, 0.1) is 0 Å². The first-order valence-electron chi connectivity index (χ1n) is 4.27. The molecule has 0 fully saturated rings. The molecule has 0 aliphatic heterocycles. The summed E-state index contributed by atoms with van der Waals surface area (Å²) in [6, 6.07) is 8.22. The van der Waals surface area contributed by atoms with E-state index < -0.39 is 0 Å². The quantitative estimate of drug-likeness (QED) is 0.714. The van der Waals surface area contributed by atoms with Crippen molar-refractivity contribution in [2.75, 3.05) is 4.72 Å². The van der Waals surface area contributed by atoms with E-state index in [1.54, 1.807) is 0 Å². The fourth-order valence-electron chi connectivity index (χ4n) is 1.29. The van der Waals surface area contributed by atoms with Crippen LogP contribution in [0.1, 0.15) is 26.3 Å². The third-order valence-corrected chi connectivity index (χ3v) is 2.24. The maximum atomic E-state index is 5.38. The fourth-order valence-corrected chi connectivity index (χ4v) is 1.59. The molecule has 0 bridgehead atoms. The van der Waals surface area contributed by atoms with Crippen LogP contribution >= 0.6 is 12.1 Å². The van der Waals surface area contributed by atoms with Crippen molar-refractivity contribution >= 4 is 17.8 Å². The van der Waals surface area contributed by atoms with Crippen molar-refractivity contribution in [1.82, 2.24) is 0 Å². The van der Waals surface area contributed by atoms with Gasteiger partial charge in [0.2, 0.25) is 0 Å². The van der Waals surface area contributed by atoms with E-state index in [2.05, 4.69) is 31.6 Å². The molecule has 72 valence electrons. The van der Waals surface area contributed by atoms with E-state index in [0.29, 0.717) is 0 Å². The van der Waals surface area contributed by atoms with Gasteiger partial charge in [0.15, 0.2) is 0 Å². The van der Waals surface area contributed by atoms with Crippen molar-refractivity contribution in [3.05, 3.63) is 29.8 Å². The minimum atomic E-state index is 0.152. The molecule has 13 heavy (non-hydrogen) atoms. The molecule has 0 radical (unpaired) electrons. The predicted molar refractivity (Wildman–Crippen MR) is 60.5 cm³/mol. The highest BCUT2D eigenvalue weighted by atomic mass is 32.2. The smallest absolute Gasteiger partial charge is 0.0489 e. The van der Waals surface area contributed by atoms with Gasteiger partial charge in [0, 0.05) is 17.8 Å². The lowest BCUT2D eigenvalue weighted by Gasteiger charge is -2.22. The Morgan fingerprint density at radius 2 is 1.85 bits per heavy atom. The van der Waals surface area contributed by atoms with E-state index in [1.165, 1.54) is 5.56 Å². The summed E-state index contributed by atoms with van der Waals surface area (Å²) >= 11 is 1.13. The highest BCUT2D eigenvalue weighted by Gasteiger charge is 2.16. The van der Waals surface area contributed by atoms with Crippen LogP contribution in [0.2, 0.25) is 0 Å². The summed E-state index contributed by atoms with van der Waals surface area (Å²) in [5.41, 5.74) is 2.54. The number of hydrogen-bond donors (Lipinski definition) is 2. The molecule has 1 aromatic rings. The molecular formula is C10H16N2S. The molecule has 0 heterocycles. The second kappa shape index (κ2) is 4.03. The van der Waals surface area contributed by atoms with Crippen LogP contribution in [0.3, 0.4) is 0 Å². The van der Waals surface area contributed by atoms with E-state index >= 15 is 0 Å². The molecule has 0 aliphatic carbocycles. The molecule has 3 N–H and O–H groups in total. The Kier molecular flexibility index (Phi) is 3.22. The Bertz CT molecular complexity index is 278. The summed E-state index contributed by atoms with van der Waals surface area (Å²) in [5.74, 6) is 0. The van der Waals surface area contributed by atoms with Gasteiger partial charge in [-0.1, -0.05) is 39.0 Å². The monoisotopic (exact) mass is 196 g/mol. The van der Waals surface area contributed by atoms with Crippen LogP contribution in [0.15, 0.2) is 24.3 Å². The molecule has 0 saturated carbocycles. The zero-order chi connectivity index (χ0) is 9.90. The third kappa shape index (κ3) is 2.64. The van der Waals surface area contributed by atoms with Gasteiger partial charge in [-0.25, -0.2) is 0 Å². The first-order chi connectivity index (χ1) is 6.05. The van der Waals surface area contributed by atoms with E-state index in [4.69, 9.17) is 5.14 Å². The molecule has 0 spiro atoms. The van der Waals surface area contributed by atoms with Crippen LogP contribution < -0.4 is 9.86 Å². The van der Waals surface area contributed by atoms with Crippen molar-refractivity contribution in [1.29, 1.82) is 0 Å². The summed E-state index contributed by atoms with van der Waals surface area (Å²) in [5, 5.41) is 5.38. The number of para-hydroxylation sites is 1. The Balaban J connectivity index is 3.05. The summed E-state index contributed by atoms with van der Waals surface area (Å²) < 4.78 is 3.08. The van der Waals surface area contributed by atoms with E-state index in [1.807, 2.05) is 18.2 Å². The normalized spacial score (nSPS) is 11.4. The van der Waals surface area contributed by atoms with Crippen LogP contribution in [-0.4, -0.2) is 0 Å². The highest BCUT2D eigenvalue weighted by molar-refractivity contribution is 7.98. The van der Waals surface area contributed by atoms with Gasteiger partial charge in [-0.3, -0.25) is 5.14 Å². The first kappa shape index (κ1) is 10.4. The molecule has 2 nitrogen and oxygen atoms in total. The van der Waals surface area contributed by atoms with Crippen molar-refractivity contribution in [2.45, 2.75) is 26.2 Å². The molecule has 0 saturated heterocycles. The standard InChI is InChI=1S/C10H16N2S/c1-10(2,3)8-6-4-5-7-9(8)12-13-11/h4-7,12H,11H2,1-3H3. The molecule has 1 rings (SSSR count). The summed E-state index contributed by atoms with van der Waals surface area (Å²) in [7, 11) is 0. The lowest BCUT2D eigenvalue weighted by atomic mass is 9.86. The number of anilines is 1. The topological polar surface area (TPSA) is 38.0 Å². The maximum absolute atomic E-state index is 5.38. The van der Waals surface area contributed by atoms with Crippen LogP contribution in [-0.2, 0) is 5.41 Å². The Morgan fingerprint density at radius 1 is 1.23 bits per heavy atom. The number of nitrogens with two attached hydrogens (primary N) is 1. The van der Waals surface area contributed by atoms with E-state index in [9.17, 15) is 0 Å². The first-order valence-corrected chi connectivity index (χ1v) is 5.15. The van der Waals surface area contributed by atoms with Gasteiger partial charge in [0.25, 0.3) is 0 Å². The van der Waals surface area contributed by atoms with Crippen molar-refractivity contribution in [2.24, 2.45) is 5.14 Å². The molecule has 0 atom stereocenters. The average Bonchev–Trinajstić information content (AvgIpc) is 2.04. The summed E-state index contributed by atoms with van der Waals surface area (Å²) in [4.78, 5) is 0. The lowest BCUT2D eigenvalue weighted by Crippen LogP contribution is -2.13. The van der Waals surface area contributed by atoms with Gasteiger partial charge in [0.1, 0.15) is 0 Å². The number of hydrogen-bond acceptors (Lipinski definition) is 3. The van der Waals surface area contributed by atoms with Crippen LogP contribution in [0.4, 0.5) is 5.69 Å². The number of nitrogens with one attached hydrogen (secondary N) is 1. The lowest BCUT2D eigenvalue weighted by molar-refractivity contribution is 0.592. The Morgan fingerprint density at radius 3 is 2.38 bits per heavy atom. The molecule has 0 unspecified atom stereocenters. The average molecular weight is 196 g/mol. The molecular weight excluding hydrogens is 180 g/mol. The number of benzene rings is 1. The summed E-state index contributed by atoms with van der Waals surface area (Å²) in [6.45, 7) is 6.57. The number of rotatable bonds is 2. The zero-order valence-corrected chi connectivity index (χ0v) is 9.11. The van der Waals surface area contributed by atoms with Gasteiger partial charge in [0.05, 0.1) is 0 Å². The second-order valence-electron chi connectivity index (χ2n) is 4.02.